The third-order valence-corrected chi connectivity index (χ3v) is 7.30. The van der Waals surface area contributed by atoms with Gasteiger partial charge in [-0.1, -0.05) is 19.8 Å². The molecule has 2 aromatic carbocycles. The Morgan fingerprint density at radius 2 is 1.44 bits per heavy atom. The molecule has 0 saturated heterocycles. The highest BCUT2D eigenvalue weighted by molar-refractivity contribution is 5.88. The summed E-state index contributed by atoms with van der Waals surface area (Å²) in [6.45, 7) is 5.01. The normalized spacial score (nSPS) is 12.3. The Labute approximate surface area is 253 Å². The molecular formula is C32H42N6O5. The first-order valence-corrected chi connectivity index (χ1v) is 14.3. The monoisotopic (exact) mass is 590 g/mol. The summed E-state index contributed by atoms with van der Waals surface area (Å²) < 4.78 is 21.8. The number of fused-ring (bicyclic) bond motifs is 1. The van der Waals surface area contributed by atoms with E-state index in [0.717, 1.165) is 47.6 Å². The van der Waals surface area contributed by atoms with E-state index in [0.29, 0.717) is 47.4 Å². The summed E-state index contributed by atoms with van der Waals surface area (Å²) in [5, 5.41) is 20.5. The zero-order valence-electron chi connectivity index (χ0n) is 25.8. The van der Waals surface area contributed by atoms with Crippen molar-refractivity contribution in [1.82, 2.24) is 15.0 Å². The number of pyridine rings is 1. The second-order valence-corrected chi connectivity index (χ2v) is 10.5. The van der Waals surface area contributed by atoms with Crippen LogP contribution in [0.2, 0.25) is 0 Å². The van der Waals surface area contributed by atoms with E-state index in [1.165, 1.54) is 0 Å². The molecule has 1 atom stereocenters. The third-order valence-electron chi connectivity index (χ3n) is 7.30. The number of aliphatic hydroxyl groups excluding tert-OH is 1. The van der Waals surface area contributed by atoms with Gasteiger partial charge in [0.05, 0.1) is 58.0 Å². The molecule has 0 fully saturated rings. The van der Waals surface area contributed by atoms with Gasteiger partial charge in [0.1, 0.15) is 28.5 Å². The maximum atomic E-state index is 10.3. The topological polar surface area (TPSA) is 132 Å². The summed E-state index contributed by atoms with van der Waals surface area (Å²) >= 11 is 0. The van der Waals surface area contributed by atoms with Crippen LogP contribution in [-0.4, -0.2) is 60.6 Å². The standard InChI is InChI=1S/C32H42N6O5/c1-7-8-13-32(2,20-39)38-30-29-26(36-31(37-30)35-18-22-10-12-25(41-4)16-28(22)43-6)14-23(19-34-29)33-17-21-9-11-24(40-3)15-27(21)42-5/h9-12,14-16,19,33,39H,7-8,13,17-18,20H2,1-6H3,(H2,35,36,37,38). The number of hydrogen-bond donors (Lipinski definition) is 4. The number of ether oxygens (including phenoxy) is 4. The average molecular weight is 591 g/mol. The maximum absolute atomic E-state index is 10.3. The first-order valence-electron chi connectivity index (χ1n) is 14.3. The number of anilines is 3. The fraction of sp³-hybridized carbons (Fsp3) is 0.406. The van der Waals surface area contributed by atoms with Gasteiger partial charge in [-0.05, 0) is 43.7 Å². The van der Waals surface area contributed by atoms with E-state index >= 15 is 0 Å². The number of unbranched alkanes of at least 4 members (excludes halogenated alkanes) is 1. The molecule has 1 unspecified atom stereocenters. The Morgan fingerprint density at radius 3 is 2.00 bits per heavy atom. The molecule has 4 aromatic rings. The van der Waals surface area contributed by atoms with E-state index in [4.69, 9.17) is 33.9 Å². The molecule has 11 heteroatoms. The van der Waals surface area contributed by atoms with Crippen molar-refractivity contribution in [3.05, 3.63) is 59.8 Å². The largest absolute Gasteiger partial charge is 0.497 e. The van der Waals surface area contributed by atoms with Gasteiger partial charge in [-0.3, -0.25) is 0 Å². The second-order valence-electron chi connectivity index (χ2n) is 10.5. The van der Waals surface area contributed by atoms with Crippen molar-refractivity contribution in [2.75, 3.05) is 51.0 Å². The van der Waals surface area contributed by atoms with Crippen LogP contribution in [0.4, 0.5) is 17.5 Å². The first-order chi connectivity index (χ1) is 20.8. The Hall–Kier alpha value is -4.51. The number of hydrogen-bond acceptors (Lipinski definition) is 11. The van der Waals surface area contributed by atoms with E-state index in [-0.39, 0.29) is 6.61 Å². The predicted octanol–water partition coefficient (Wildman–Crippen LogP) is 5.64. The highest BCUT2D eigenvalue weighted by Crippen LogP contribution is 2.30. The summed E-state index contributed by atoms with van der Waals surface area (Å²) in [6.07, 6.45) is 4.52. The summed E-state index contributed by atoms with van der Waals surface area (Å²) in [4.78, 5) is 14.3. The Kier molecular flexibility index (Phi) is 10.7. The molecule has 43 heavy (non-hydrogen) atoms. The van der Waals surface area contributed by atoms with Crippen molar-refractivity contribution in [3.8, 4) is 23.0 Å². The van der Waals surface area contributed by atoms with Gasteiger partial charge in [0.15, 0.2) is 5.82 Å². The fourth-order valence-corrected chi connectivity index (χ4v) is 4.68. The van der Waals surface area contributed by atoms with Gasteiger partial charge in [0.2, 0.25) is 5.95 Å². The van der Waals surface area contributed by atoms with Crippen LogP contribution in [0.25, 0.3) is 11.0 Å². The molecule has 2 aromatic heterocycles. The summed E-state index contributed by atoms with van der Waals surface area (Å²) in [7, 11) is 6.51. The molecule has 0 aliphatic heterocycles. The molecule has 4 rings (SSSR count). The highest BCUT2D eigenvalue weighted by atomic mass is 16.5. The van der Waals surface area contributed by atoms with Gasteiger partial charge in [0.25, 0.3) is 0 Å². The van der Waals surface area contributed by atoms with E-state index in [2.05, 4.69) is 22.9 Å². The maximum Gasteiger partial charge on any atom is 0.225 e. The number of nitrogens with one attached hydrogen (secondary N) is 3. The number of nitrogens with zero attached hydrogens (tertiary/aromatic N) is 3. The van der Waals surface area contributed by atoms with Crippen LogP contribution in [0, 0.1) is 0 Å². The molecule has 4 N–H and O–H groups in total. The number of aliphatic hydroxyl groups is 1. The lowest BCUT2D eigenvalue weighted by molar-refractivity contribution is 0.212. The molecule has 0 bridgehead atoms. The van der Waals surface area contributed by atoms with Crippen molar-refractivity contribution in [1.29, 1.82) is 0 Å². The van der Waals surface area contributed by atoms with Crippen LogP contribution in [0.5, 0.6) is 23.0 Å². The smallest absolute Gasteiger partial charge is 0.225 e. The Morgan fingerprint density at radius 1 is 0.814 bits per heavy atom. The van der Waals surface area contributed by atoms with Gasteiger partial charge in [-0.15, -0.1) is 0 Å². The van der Waals surface area contributed by atoms with Crippen LogP contribution in [0.3, 0.4) is 0 Å². The van der Waals surface area contributed by atoms with Crippen LogP contribution in [0.15, 0.2) is 48.7 Å². The van der Waals surface area contributed by atoms with Gasteiger partial charge < -0.3 is 40.0 Å². The zero-order valence-corrected chi connectivity index (χ0v) is 25.8. The van der Waals surface area contributed by atoms with Crippen LogP contribution in [-0.2, 0) is 13.1 Å². The quantitative estimate of drug-likeness (QED) is 0.129. The SMILES string of the molecule is CCCCC(C)(CO)Nc1nc(NCc2ccc(OC)cc2OC)nc2cc(NCc3ccc(OC)cc3OC)cnc12. The molecular weight excluding hydrogens is 548 g/mol. The number of rotatable bonds is 16. The molecule has 0 aliphatic carbocycles. The van der Waals surface area contributed by atoms with Crippen molar-refractivity contribution in [2.24, 2.45) is 0 Å². The average Bonchev–Trinajstić information content (AvgIpc) is 3.05. The molecule has 11 nitrogen and oxygen atoms in total. The molecule has 230 valence electrons. The summed E-state index contributed by atoms with van der Waals surface area (Å²) in [5.41, 5.74) is 3.36. The second kappa shape index (κ2) is 14.6. The molecule has 0 saturated carbocycles. The Bertz CT molecular complexity index is 1510. The lowest BCUT2D eigenvalue weighted by Crippen LogP contribution is -2.39. The lowest BCUT2D eigenvalue weighted by atomic mass is 9.96. The first kappa shape index (κ1) is 31.4. The highest BCUT2D eigenvalue weighted by Gasteiger charge is 2.25. The van der Waals surface area contributed by atoms with Gasteiger partial charge in [0, 0.05) is 36.3 Å². The molecule has 0 aliphatic rings. The van der Waals surface area contributed by atoms with Crippen LogP contribution in [0.1, 0.15) is 44.2 Å². The summed E-state index contributed by atoms with van der Waals surface area (Å²) in [5.74, 6) is 3.82. The Balaban J connectivity index is 1.65. The molecule has 2 heterocycles. The number of aromatic nitrogens is 3. The van der Waals surface area contributed by atoms with E-state index in [1.807, 2.05) is 49.4 Å². The van der Waals surface area contributed by atoms with Crippen molar-refractivity contribution in [3.63, 3.8) is 0 Å². The zero-order chi connectivity index (χ0) is 30.8. The van der Waals surface area contributed by atoms with Crippen molar-refractivity contribution >= 4 is 28.5 Å². The van der Waals surface area contributed by atoms with E-state index in [1.54, 1.807) is 34.6 Å². The minimum absolute atomic E-state index is 0.0480. The minimum Gasteiger partial charge on any atom is -0.497 e. The predicted molar refractivity (Wildman–Crippen MR) is 170 cm³/mol. The molecule has 0 radical (unpaired) electrons. The van der Waals surface area contributed by atoms with Crippen LogP contribution >= 0.6 is 0 Å². The third kappa shape index (κ3) is 7.86. The number of benzene rings is 2. The van der Waals surface area contributed by atoms with Gasteiger partial charge >= 0.3 is 0 Å². The van der Waals surface area contributed by atoms with E-state index < -0.39 is 5.54 Å². The van der Waals surface area contributed by atoms with Crippen molar-refractivity contribution < 1.29 is 24.1 Å². The molecule has 0 amide bonds. The minimum atomic E-state index is -0.572. The number of methoxy groups -OCH3 is 4. The lowest BCUT2D eigenvalue weighted by Gasteiger charge is -2.29. The van der Waals surface area contributed by atoms with Gasteiger partial charge in [-0.25, -0.2) is 9.97 Å². The van der Waals surface area contributed by atoms with Crippen molar-refractivity contribution in [2.45, 2.75) is 51.7 Å². The van der Waals surface area contributed by atoms with Gasteiger partial charge in [-0.2, -0.15) is 4.98 Å². The van der Waals surface area contributed by atoms with E-state index in [9.17, 15) is 5.11 Å². The fourth-order valence-electron chi connectivity index (χ4n) is 4.68. The van der Waals surface area contributed by atoms with Crippen LogP contribution < -0.4 is 34.9 Å². The summed E-state index contributed by atoms with van der Waals surface area (Å²) in [6, 6.07) is 13.3. The molecule has 0 spiro atoms.